The molecular formula is C25H26N4O5S. The van der Waals surface area contributed by atoms with Crippen LogP contribution in [0.4, 0.5) is 5.69 Å². The molecule has 0 unspecified atom stereocenters. The van der Waals surface area contributed by atoms with Crippen molar-refractivity contribution in [2.45, 2.75) is 13.5 Å². The second-order valence-corrected chi connectivity index (χ2v) is 9.67. The number of hydrogen-bond acceptors (Lipinski definition) is 6. The van der Waals surface area contributed by atoms with E-state index in [1.54, 1.807) is 48.5 Å². The topological polar surface area (TPSA) is 131 Å². The minimum Gasteiger partial charge on any atom is -0.484 e. The predicted molar refractivity (Wildman–Crippen MR) is 135 cm³/mol. The molecule has 2 amide bonds. The summed E-state index contributed by atoms with van der Waals surface area (Å²) in [5.41, 5.74) is 10.8. The van der Waals surface area contributed by atoms with Gasteiger partial charge >= 0.3 is 0 Å². The molecular weight excluding hydrogens is 468 g/mol. The highest BCUT2D eigenvalue weighted by Gasteiger charge is 2.19. The van der Waals surface area contributed by atoms with Crippen molar-refractivity contribution in [2.75, 3.05) is 17.2 Å². The summed E-state index contributed by atoms with van der Waals surface area (Å²) >= 11 is 0. The summed E-state index contributed by atoms with van der Waals surface area (Å²) in [6.45, 7) is 1.90. The summed E-state index contributed by atoms with van der Waals surface area (Å²) in [6.07, 6.45) is 2.61. The molecule has 0 aliphatic rings. The Morgan fingerprint density at radius 3 is 2.29 bits per heavy atom. The van der Waals surface area contributed by atoms with Gasteiger partial charge in [0.1, 0.15) is 5.75 Å². The van der Waals surface area contributed by atoms with E-state index in [9.17, 15) is 18.0 Å². The van der Waals surface area contributed by atoms with Gasteiger partial charge < -0.3 is 10.5 Å². The molecule has 0 atom stereocenters. The largest absolute Gasteiger partial charge is 0.484 e. The number of hydrogen-bond donors (Lipinski definition) is 2. The van der Waals surface area contributed by atoms with Gasteiger partial charge in [-0.15, -0.1) is 0 Å². The van der Waals surface area contributed by atoms with Crippen LogP contribution in [-0.4, -0.2) is 39.3 Å². The number of ether oxygens (including phenoxy) is 1. The van der Waals surface area contributed by atoms with E-state index in [0.717, 1.165) is 17.4 Å². The molecule has 10 heteroatoms. The van der Waals surface area contributed by atoms with Crippen molar-refractivity contribution in [1.82, 2.24) is 5.43 Å². The van der Waals surface area contributed by atoms with Gasteiger partial charge in [-0.3, -0.25) is 13.9 Å². The van der Waals surface area contributed by atoms with E-state index in [1.165, 1.54) is 10.5 Å². The quantitative estimate of drug-likeness (QED) is 0.330. The number of nitrogens with two attached hydrogens (primary N) is 1. The molecule has 0 aliphatic carbocycles. The highest BCUT2D eigenvalue weighted by molar-refractivity contribution is 7.92. The smallest absolute Gasteiger partial charge is 0.271 e. The first-order valence-electron chi connectivity index (χ1n) is 10.6. The van der Waals surface area contributed by atoms with Crippen molar-refractivity contribution >= 4 is 33.7 Å². The number of rotatable bonds is 10. The van der Waals surface area contributed by atoms with Crippen LogP contribution in [0.1, 0.15) is 27.0 Å². The summed E-state index contributed by atoms with van der Waals surface area (Å²) in [5, 5.41) is 3.94. The second kappa shape index (κ2) is 11.3. The normalized spacial score (nSPS) is 11.3. The van der Waals surface area contributed by atoms with Crippen LogP contribution in [0.3, 0.4) is 0 Å². The van der Waals surface area contributed by atoms with Crippen LogP contribution in [-0.2, 0) is 21.4 Å². The molecule has 3 aromatic rings. The zero-order valence-electron chi connectivity index (χ0n) is 19.3. The molecule has 0 aromatic heterocycles. The maximum absolute atomic E-state index is 12.4. The number of anilines is 1. The fourth-order valence-electron chi connectivity index (χ4n) is 3.16. The van der Waals surface area contributed by atoms with E-state index in [0.29, 0.717) is 22.6 Å². The molecule has 0 aliphatic heterocycles. The number of nitrogens with one attached hydrogen (secondary N) is 1. The van der Waals surface area contributed by atoms with E-state index in [-0.39, 0.29) is 13.2 Å². The summed E-state index contributed by atoms with van der Waals surface area (Å²) < 4.78 is 31.3. The lowest BCUT2D eigenvalue weighted by molar-refractivity contribution is -0.119. The number of hydrazone groups is 1. The lowest BCUT2D eigenvalue weighted by atomic mass is 10.1. The number of nitrogens with zero attached hydrogens (tertiary/aromatic N) is 2. The highest BCUT2D eigenvalue weighted by atomic mass is 32.2. The molecule has 9 nitrogen and oxygen atoms in total. The molecule has 3 N–H and O–H groups in total. The SMILES string of the molecule is Cc1ccccc1CN(c1ccc(C(=O)N/N=C\c2ccc(OCC(N)=O)cc2)cc1)S(C)(=O)=O. The highest BCUT2D eigenvalue weighted by Crippen LogP contribution is 2.22. The van der Waals surface area contributed by atoms with Crippen LogP contribution in [0, 0.1) is 6.92 Å². The van der Waals surface area contributed by atoms with Crippen molar-refractivity contribution in [3.63, 3.8) is 0 Å². The van der Waals surface area contributed by atoms with Gasteiger partial charge in [0.05, 0.1) is 24.7 Å². The van der Waals surface area contributed by atoms with Crippen molar-refractivity contribution in [2.24, 2.45) is 10.8 Å². The number of carbonyl (C=O) groups is 2. The number of carbonyl (C=O) groups excluding carboxylic acids is 2. The number of sulfonamides is 1. The molecule has 182 valence electrons. The lowest BCUT2D eigenvalue weighted by Crippen LogP contribution is -2.29. The Hall–Kier alpha value is -4.18. The van der Waals surface area contributed by atoms with E-state index in [4.69, 9.17) is 10.5 Å². The minimum absolute atomic E-state index is 0.188. The number of amides is 2. The Morgan fingerprint density at radius 1 is 1.03 bits per heavy atom. The van der Waals surface area contributed by atoms with Gasteiger partial charge in [0.25, 0.3) is 11.8 Å². The van der Waals surface area contributed by atoms with E-state index in [1.807, 2.05) is 31.2 Å². The van der Waals surface area contributed by atoms with Crippen LogP contribution in [0.2, 0.25) is 0 Å². The van der Waals surface area contributed by atoms with Crippen LogP contribution < -0.4 is 20.2 Å². The van der Waals surface area contributed by atoms with E-state index < -0.39 is 21.8 Å². The fourth-order valence-corrected chi connectivity index (χ4v) is 4.03. The summed E-state index contributed by atoms with van der Waals surface area (Å²) in [5.74, 6) is -0.531. The molecule has 0 heterocycles. The molecule has 0 fully saturated rings. The maximum atomic E-state index is 12.4. The van der Waals surface area contributed by atoms with Gasteiger partial charge in [-0.1, -0.05) is 24.3 Å². The predicted octanol–water partition coefficient (Wildman–Crippen LogP) is 2.59. The van der Waals surface area contributed by atoms with Gasteiger partial charge in [0.2, 0.25) is 10.0 Å². The molecule has 0 spiro atoms. The average Bonchev–Trinajstić information content (AvgIpc) is 2.82. The lowest BCUT2D eigenvalue weighted by Gasteiger charge is -2.23. The van der Waals surface area contributed by atoms with Gasteiger partial charge in [0, 0.05) is 5.56 Å². The van der Waals surface area contributed by atoms with Crippen LogP contribution in [0.15, 0.2) is 77.9 Å². The molecule has 3 aromatic carbocycles. The summed E-state index contributed by atoms with van der Waals surface area (Å²) in [4.78, 5) is 23.2. The Morgan fingerprint density at radius 2 is 1.69 bits per heavy atom. The van der Waals surface area contributed by atoms with Crippen LogP contribution >= 0.6 is 0 Å². The first-order chi connectivity index (χ1) is 16.6. The molecule has 35 heavy (non-hydrogen) atoms. The first kappa shape index (κ1) is 25.4. The van der Waals surface area contributed by atoms with Crippen molar-refractivity contribution in [1.29, 1.82) is 0 Å². The zero-order valence-corrected chi connectivity index (χ0v) is 20.2. The van der Waals surface area contributed by atoms with Crippen LogP contribution in [0.25, 0.3) is 0 Å². The molecule has 0 saturated carbocycles. The summed E-state index contributed by atoms with van der Waals surface area (Å²) in [7, 11) is -3.54. The summed E-state index contributed by atoms with van der Waals surface area (Å²) in [6, 6.07) is 20.5. The fraction of sp³-hybridized carbons (Fsp3) is 0.160. The van der Waals surface area contributed by atoms with Crippen molar-refractivity contribution in [3.05, 3.63) is 95.1 Å². The maximum Gasteiger partial charge on any atom is 0.271 e. The number of primary amides is 1. The number of aryl methyl sites for hydroxylation is 1. The molecule has 0 radical (unpaired) electrons. The van der Waals surface area contributed by atoms with Crippen LogP contribution in [0.5, 0.6) is 5.75 Å². The Labute approximate surface area is 204 Å². The third-order valence-electron chi connectivity index (χ3n) is 5.03. The standard InChI is InChI=1S/C25H26N4O5S/c1-18-5-3-4-6-21(18)16-29(35(2,32)33)22-11-9-20(10-12-22)25(31)28-27-15-19-7-13-23(14-8-19)34-17-24(26)30/h3-15H,16-17H2,1-2H3,(H2,26,30)(H,28,31)/b27-15-. The minimum atomic E-state index is -3.54. The Bertz CT molecular complexity index is 1320. The Balaban J connectivity index is 1.64. The second-order valence-electron chi connectivity index (χ2n) is 7.77. The van der Waals surface area contributed by atoms with Gasteiger partial charge in [0.15, 0.2) is 6.61 Å². The molecule has 0 saturated heterocycles. The number of benzene rings is 3. The Kier molecular flexibility index (Phi) is 8.21. The van der Waals surface area contributed by atoms with Crippen molar-refractivity contribution in [3.8, 4) is 5.75 Å². The van der Waals surface area contributed by atoms with Gasteiger partial charge in [-0.05, 0) is 72.1 Å². The van der Waals surface area contributed by atoms with Gasteiger partial charge in [-0.25, -0.2) is 13.8 Å². The molecule has 3 rings (SSSR count). The zero-order chi connectivity index (χ0) is 25.4. The van der Waals surface area contributed by atoms with E-state index in [2.05, 4.69) is 10.5 Å². The monoisotopic (exact) mass is 494 g/mol. The first-order valence-corrected chi connectivity index (χ1v) is 12.4. The third-order valence-corrected chi connectivity index (χ3v) is 6.17. The molecule has 0 bridgehead atoms. The van der Waals surface area contributed by atoms with Gasteiger partial charge in [-0.2, -0.15) is 5.10 Å². The third kappa shape index (κ3) is 7.41. The van der Waals surface area contributed by atoms with Crippen molar-refractivity contribution < 1.29 is 22.7 Å². The average molecular weight is 495 g/mol. The van der Waals surface area contributed by atoms with E-state index >= 15 is 0 Å².